The van der Waals surface area contributed by atoms with Gasteiger partial charge in [0, 0.05) is 4.88 Å². The van der Waals surface area contributed by atoms with Gasteiger partial charge in [-0.3, -0.25) is 4.79 Å². The fourth-order valence-electron chi connectivity index (χ4n) is 3.31. The molecule has 26 heavy (non-hydrogen) atoms. The minimum atomic E-state index is -0.769. The van der Waals surface area contributed by atoms with Gasteiger partial charge in [-0.15, -0.1) is 11.3 Å². The number of ether oxygens (including phenoxy) is 3. The van der Waals surface area contributed by atoms with Crippen molar-refractivity contribution in [1.29, 1.82) is 0 Å². The van der Waals surface area contributed by atoms with E-state index in [4.69, 9.17) is 14.2 Å². The summed E-state index contributed by atoms with van der Waals surface area (Å²) in [7, 11) is 1.36. The van der Waals surface area contributed by atoms with Crippen LogP contribution in [0.1, 0.15) is 33.6 Å². The standard InChI is InChI=1S/C19H19NO5S/c1-23-19(22)16-11-6-2-5-9-15(11)26-18(16)20-17(21)14-10-24-12-7-3-4-8-13(12)25-14/h3-4,7-8,14H,2,5-6,9-10H2,1H3,(H,20,21). The van der Waals surface area contributed by atoms with E-state index in [2.05, 4.69) is 5.32 Å². The van der Waals surface area contributed by atoms with E-state index in [-0.39, 0.29) is 12.5 Å². The Balaban J connectivity index is 1.57. The van der Waals surface area contributed by atoms with Gasteiger partial charge >= 0.3 is 5.97 Å². The normalized spacial score (nSPS) is 18.0. The number of para-hydroxylation sites is 2. The summed E-state index contributed by atoms with van der Waals surface area (Å²) < 4.78 is 16.3. The molecule has 1 aromatic heterocycles. The number of carbonyl (C=O) groups excluding carboxylic acids is 2. The minimum Gasteiger partial charge on any atom is -0.485 e. The molecule has 1 aliphatic carbocycles. The van der Waals surface area contributed by atoms with Crippen molar-refractivity contribution in [2.24, 2.45) is 0 Å². The Kier molecular flexibility index (Phi) is 4.55. The average Bonchev–Trinajstić information content (AvgIpc) is 3.04. The third kappa shape index (κ3) is 3.03. The largest absolute Gasteiger partial charge is 0.485 e. The molecule has 4 rings (SSSR count). The van der Waals surface area contributed by atoms with Crippen LogP contribution in [-0.2, 0) is 22.4 Å². The highest BCUT2D eigenvalue weighted by molar-refractivity contribution is 7.17. The number of hydrogen-bond donors (Lipinski definition) is 1. The Hall–Kier alpha value is -2.54. The van der Waals surface area contributed by atoms with Crippen LogP contribution in [0.4, 0.5) is 5.00 Å². The third-order valence-electron chi connectivity index (χ3n) is 4.60. The van der Waals surface area contributed by atoms with E-state index in [1.165, 1.54) is 18.4 Å². The van der Waals surface area contributed by atoms with Crippen molar-refractivity contribution in [1.82, 2.24) is 0 Å². The highest BCUT2D eigenvalue weighted by Gasteiger charge is 2.31. The average molecular weight is 373 g/mol. The Bertz CT molecular complexity index is 860. The molecule has 0 bridgehead atoms. The molecule has 1 atom stereocenters. The summed E-state index contributed by atoms with van der Waals surface area (Å²) >= 11 is 1.45. The first-order valence-corrected chi connectivity index (χ1v) is 9.41. The van der Waals surface area contributed by atoms with Crippen LogP contribution in [0.2, 0.25) is 0 Å². The fourth-order valence-corrected chi connectivity index (χ4v) is 4.59. The van der Waals surface area contributed by atoms with Crippen LogP contribution in [0, 0.1) is 0 Å². The number of methoxy groups -OCH3 is 1. The second kappa shape index (κ2) is 6.99. The van der Waals surface area contributed by atoms with Gasteiger partial charge in [0.15, 0.2) is 11.5 Å². The molecule has 7 heteroatoms. The van der Waals surface area contributed by atoms with Gasteiger partial charge in [0.2, 0.25) is 6.10 Å². The number of anilines is 1. The van der Waals surface area contributed by atoms with Gasteiger partial charge in [-0.1, -0.05) is 12.1 Å². The summed E-state index contributed by atoms with van der Waals surface area (Å²) in [4.78, 5) is 26.1. The second-order valence-electron chi connectivity index (χ2n) is 6.26. The molecule has 1 N–H and O–H groups in total. The van der Waals surface area contributed by atoms with Crippen LogP contribution in [0.5, 0.6) is 11.5 Å². The molecule has 2 heterocycles. The summed E-state index contributed by atoms with van der Waals surface area (Å²) in [5.41, 5.74) is 1.49. The van der Waals surface area contributed by atoms with Crippen molar-refractivity contribution in [3.63, 3.8) is 0 Å². The lowest BCUT2D eigenvalue weighted by Crippen LogP contribution is -2.40. The van der Waals surface area contributed by atoms with Gasteiger partial charge in [-0.25, -0.2) is 4.79 Å². The van der Waals surface area contributed by atoms with Crippen LogP contribution >= 0.6 is 11.3 Å². The van der Waals surface area contributed by atoms with Crippen LogP contribution in [-0.4, -0.2) is 31.7 Å². The molecule has 1 amide bonds. The minimum absolute atomic E-state index is 0.126. The highest BCUT2D eigenvalue weighted by Crippen LogP contribution is 2.39. The SMILES string of the molecule is COC(=O)c1c(NC(=O)C2COc3ccccc3O2)sc2c1CCCC2. The zero-order chi connectivity index (χ0) is 18.1. The molecule has 6 nitrogen and oxygen atoms in total. The van der Waals surface area contributed by atoms with Gasteiger partial charge in [-0.05, 0) is 43.4 Å². The zero-order valence-electron chi connectivity index (χ0n) is 14.4. The molecule has 0 fully saturated rings. The summed E-state index contributed by atoms with van der Waals surface area (Å²) in [5.74, 6) is 0.421. The number of nitrogens with one attached hydrogen (secondary N) is 1. The number of thiophene rings is 1. The van der Waals surface area contributed by atoms with Crippen molar-refractivity contribution in [2.75, 3.05) is 19.0 Å². The molecule has 2 aromatic rings. The maximum atomic E-state index is 12.7. The molecule has 0 saturated heterocycles. The Morgan fingerprint density at radius 2 is 1.96 bits per heavy atom. The number of benzene rings is 1. The van der Waals surface area contributed by atoms with Gasteiger partial charge in [-0.2, -0.15) is 0 Å². The van der Waals surface area contributed by atoms with Gasteiger partial charge in [0.1, 0.15) is 11.6 Å². The van der Waals surface area contributed by atoms with E-state index in [0.29, 0.717) is 22.1 Å². The van der Waals surface area contributed by atoms with Crippen LogP contribution in [0.25, 0.3) is 0 Å². The van der Waals surface area contributed by atoms with Crippen LogP contribution in [0.3, 0.4) is 0 Å². The monoisotopic (exact) mass is 373 g/mol. The lowest BCUT2D eigenvalue weighted by Gasteiger charge is -2.25. The Labute approximate surface area is 155 Å². The molecule has 1 unspecified atom stereocenters. The number of fused-ring (bicyclic) bond motifs is 2. The first kappa shape index (κ1) is 16.9. The van der Waals surface area contributed by atoms with Crippen LogP contribution in [0.15, 0.2) is 24.3 Å². The van der Waals surface area contributed by atoms with E-state index in [1.807, 2.05) is 12.1 Å². The van der Waals surface area contributed by atoms with E-state index in [9.17, 15) is 9.59 Å². The van der Waals surface area contributed by atoms with Crippen molar-refractivity contribution in [3.8, 4) is 11.5 Å². The van der Waals surface area contributed by atoms with Crippen molar-refractivity contribution in [3.05, 3.63) is 40.3 Å². The molecule has 1 aliphatic heterocycles. The van der Waals surface area contributed by atoms with Gasteiger partial charge in [0.25, 0.3) is 5.91 Å². The number of esters is 1. The fraction of sp³-hybridized carbons (Fsp3) is 0.368. The predicted molar refractivity (Wildman–Crippen MR) is 97.3 cm³/mol. The molecule has 136 valence electrons. The maximum Gasteiger partial charge on any atom is 0.341 e. The van der Waals surface area contributed by atoms with E-state index >= 15 is 0 Å². The third-order valence-corrected chi connectivity index (χ3v) is 5.81. The van der Waals surface area contributed by atoms with Gasteiger partial charge < -0.3 is 19.5 Å². The van der Waals surface area contributed by atoms with Crippen molar-refractivity contribution in [2.45, 2.75) is 31.8 Å². The molecule has 0 spiro atoms. The predicted octanol–water partition coefficient (Wildman–Crippen LogP) is 3.19. The summed E-state index contributed by atoms with van der Waals surface area (Å²) in [6, 6.07) is 7.23. The number of amides is 1. The molecular weight excluding hydrogens is 354 g/mol. The molecule has 2 aliphatic rings. The number of aryl methyl sites for hydroxylation is 1. The van der Waals surface area contributed by atoms with E-state index in [0.717, 1.165) is 36.1 Å². The van der Waals surface area contributed by atoms with Gasteiger partial charge in [0.05, 0.1) is 12.7 Å². The topological polar surface area (TPSA) is 73.9 Å². The smallest absolute Gasteiger partial charge is 0.341 e. The number of carbonyl (C=O) groups is 2. The van der Waals surface area contributed by atoms with E-state index in [1.54, 1.807) is 12.1 Å². The molecule has 0 saturated carbocycles. The molecule has 0 radical (unpaired) electrons. The van der Waals surface area contributed by atoms with Crippen molar-refractivity contribution < 1.29 is 23.8 Å². The molecule has 1 aromatic carbocycles. The van der Waals surface area contributed by atoms with Crippen LogP contribution < -0.4 is 14.8 Å². The number of rotatable bonds is 3. The zero-order valence-corrected chi connectivity index (χ0v) is 15.2. The first-order chi connectivity index (χ1) is 12.7. The first-order valence-electron chi connectivity index (χ1n) is 8.59. The van der Waals surface area contributed by atoms with Crippen molar-refractivity contribution >= 4 is 28.2 Å². The number of hydrogen-bond acceptors (Lipinski definition) is 6. The summed E-state index contributed by atoms with van der Waals surface area (Å²) in [6.07, 6.45) is 3.13. The summed E-state index contributed by atoms with van der Waals surface area (Å²) in [6.45, 7) is 0.126. The second-order valence-corrected chi connectivity index (χ2v) is 7.37. The molecular formula is C19H19NO5S. The summed E-state index contributed by atoms with van der Waals surface area (Å²) in [5, 5.41) is 3.40. The quantitative estimate of drug-likeness (QED) is 0.837. The Morgan fingerprint density at radius 3 is 2.77 bits per heavy atom. The van der Waals surface area contributed by atoms with E-state index < -0.39 is 12.1 Å². The maximum absolute atomic E-state index is 12.7. The lowest BCUT2D eigenvalue weighted by molar-refractivity contribution is -0.125. The Morgan fingerprint density at radius 1 is 1.19 bits per heavy atom. The lowest BCUT2D eigenvalue weighted by atomic mass is 9.95. The highest BCUT2D eigenvalue weighted by atomic mass is 32.1.